The molecule has 6 heteroatoms. The van der Waals surface area contributed by atoms with Gasteiger partial charge in [0.2, 0.25) is 11.8 Å². The number of aromatic nitrogens is 2. The molecule has 2 aromatic rings. The largest absolute Gasteiger partial charge is 0.493 e. The molecule has 2 heterocycles. The summed E-state index contributed by atoms with van der Waals surface area (Å²) < 4.78 is 1.54. The summed E-state index contributed by atoms with van der Waals surface area (Å²) in [4.78, 5) is 16.5. The van der Waals surface area contributed by atoms with Gasteiger partial charge in [-0.05, 0) is 24.1 Å². The van der Waals surface area contributed by atoms with Gasteiger partial charge in [0.1, 0.15) is 5.56 Å². The Morgan fingerprint density at radius 3 is 3.05 bits per heavy atom. The zero-order valence-corrected chi connectivity index (χ0v) is 10.8. The van der Waals surface area contributed by atoms with Gasteiger partial charge in [-0.2, -0.15) is 4.98 Å². The van der Waals surface area contributed by atoms with Crippen LogP contribution in [0.3, 0.4) is 0 Å². The minimum atomic E-state index is -0.270. The Morgan fingerprint density at radius 2 is 2.26 bits per heavy atom. The van der Waals surface area contributed by atoms with Crippen LogP contribution in [0.25, 0.3) is 11.1 Å². The normalized spacial score (nSPS) is 13.7. The first-order chi connectivity index (χ1) is 9.16. The quantitative estimate of drug-likeness (QED) is 0.837. The highest BCUT2D eigenvalue weighted by Gasteiger charge is 2.19. The molecule has 0 unspecified atom stereocenters. The number of halogens is 1. The van der Waals surface area contributed by atoms with E-state index in [9.17, 15) is 9.90 Å². The van der Waals surface area contributed by atoms with Crippen LogP contribution < -0.4 is 10.9 Å². The van der Waals surface area contributed by atoms with Crippen molar-refractivity contribution in [1.29, 1.82) is 0 Å². The van der Waals surface area contributed by atoms with E-state index in [0.717, 1.165) is 13.0 Å². The average molecular weight is 278 g/mol. The number of hydrogen-bond acceptors (Lipinski definition) is 4. The number of nitrogens with zero attached hydrogens (tertiary/aromatic N) is 2. The Morgan fingerprint density at radius 1 is 1.42 bits per heavy atom. The molecule has 1 aliphatic rings. The third kappa shape index (κ3) is 2.06. The second kappa shape index (κ2) is 4.59. The van der Waals surface area contributed by atoms with E-state index in [0.29, 0.717) is 23.1 Å². The third-order valence-corrected chi connectivity index (χ3v) is 3.34. The molecule has 0 saturated heterocycles. The van der Waals surface area contributed by atoms with Gasteiger partial charge in [0.05, 0.1) is 0 Å². The van der Waals surface area contributed by atoms with Crippen molar-refractivity contribution in [2.75, 3.05) is 11.9 Å². The van der Waals surface area contributed by atoms with Gasteiger partial charge in [-0.15, -0.1) is 0 Å². The first-order valence-corrected chi connectivity index (χ1v) is 6.38. The van der Waals surface area contributed by atoms with Crippen LogP contribution >= 0.6 is 11.6 Å². The van der Waals surface area contributed by atoms with E-state index in [-0.39, 0.29) is 17.0 Å². The fraction of sp³-hybridized carbons (Fsp3) is 0.231. The van der Waals surface area contributed by atoms with E-state index in [2.05, 4.69) is 10.3 Å². The molecule has 5 nitrogen and oxygen atoms in total. The topological polar surface area (TPSA) is 67.1 Å². The first-order valence-electron chi connectivity index (χ1n) is 6.00. The molecule has 0 radical (unpaired) electrons. The maximum atomic E-state index is 12.4. The standard InChI is InChI=1S/C13H12ClN3O2/c14-9-4-1-3-8(7-9)10-11(18)16-13-15-5-2-6-17(13)12(10)19/h1,3-4,7,18H,2,5-6H2,(H,15,16). The Hall–Kier alpha value is -2.01. The van der Waals surface area contributed by atoms with Gasteiger partial charge in [-0.25, -0.2) is 0 Å². The molecule has 1 aromatic heterocycles. The summed E-state index contributed by atoms with van der Waals surface area (Å²) in [5.74, 6) is 0.146. The molecule has 1 aromatic carbocycles. The third-order valence-electron chi connectivity index (χ3n) is 3.11. The molecule has 0 fully saturated rings. The van der Waals surface area contributed by atoms with Gasteiger partial charge in [0, 0.05) is 18.1 Å². The molecule has 19 heavy (non-hydrogen) atoms. The molecule has 1 aliphatic heterocycles. The number of rotatable bonds is 1. The van der Waals surface area contributed by atoms with Crippen molar-refractivity contribution in [1.82, 2.24) is 9.55 Å². The van der Waals surface area contributed by atoms with Crippen molar-refractivity contribution in [3.63, 3.8) is 0 Å². The Balaban J connectivity index is 2.25. The fourth-order valence-electron chi connectivity index (χ4n) is 2.22. The maximum absolute atomic E-state index is 12.4. The Labute approximate surface area is 114 Å². The van der Waals surface area contributed by atoms with Crippen LogP contribution in [0.2, 0.25) is 5.02 Å². The lowest BCUT2D eigenvalue weighted by Gasteiger charge is -2.20. The summed E-state index contributed by atoms with van der Waals surface area (Å²) >= 11 is 5.92. The molecule has 98 valence electrons. The van der Waals surface area contributed by atoms with Crippen LogP contribution in [0.5, 0.6) is 5.88 Å². The van der Waals surface area contributed by atoms with Crippen molar-refractivity contribution in [2.24, 2.45) is 0 Å². The van der Waals surface area contributed by atoms with E-state index < -0.39 is 0 Å². The van der Waals surface area contributed by atoms with Gasteiger partial charge in [0.25, 0.3) is 5.56 Å². The van der Waals surface area contributed by atoms with E-state index in [1.807, 2.05) is 0 Å². The van der Waals surface area contributed by atoms with Gasteiger partial charge >= 0.3 is 0 Å². The summed E-state index contributed by atoms with van der Waals surface area (Å²) in [6.45, 7) is 1.35. The highest BCUT2D eigenvalue weighted by molar-refractivity contribution is 6.30. The summed E-state index contributed by atoms with van der Waals surface area (Å²) in [5, 5.41) is 13.5. The van der Waals surface area contributed by atoms with Gasteiger partial charge in [0.15, 0.2) is 0 Å². The van der Waals surface area contributed by atoms with Gasteiger partial charge < -0.3 is 10.4 Å². The number of hydrogen-bond donors (Lipinski definition) is 2. The van der Waals surface area contributed by atoms with E-state index in [1.165, 1.54) is 0 Å². The number of benzene rings is 1. The molecular weight excluding hydrogens is 266 g/mol. The molecule has 0 spiro atoms. The molecule has 0 bridgehead atoms. The number of anilines is 1. The van der Waals surface area contributed by atoms with Crippen molar-refractivity contribution in [2.45, 2.75) is 13.0 Å². The minimum absolute atomic E-state index is 0.190. The summed E-state index contributed by atoms with van der Waals surface area (Å²) in [5.41, 5.74) is 0.510. The van der Waals surface area contributed by atoms with Gasteiger partial charge in [-0.1, -0.05) is 23.7 Å². The van der Waals surface area contributed by atoms with Gasteiger partial charge in [-0.3, -0.25) is 9.36 Å². The molecule has 0 atom stereocenters. The lowest BCUT2D eigenvalue weighted by Crippen LogP contribution is -2.31. The number of fused-ring (bicyclic) bond motifs is 1. The smallest absolute Gasteiger partial charge is 0.266 e. The molecule has 0 saturated carbocycles. The van der Waals surface area contributed by atoms with Crippen LogP contribution in [0.15, 0.2) is 29.1 Å². The summed E-state index contributed by atoms with van der Waals surface area (Å²) in [6.07, 6.45) is 0.856. The van der Waals surface area contributed by atoms with Crippen LogP contribution in [0.1, 0.15) is 6.42 Å². The highest BCUT2D eigenvalue weighted by Crippen LogP contribution is 2.27. The second-order valence-corrected chi connectivity index (χ2v) is 4.82. The second-order valence-electron chi connectivity index (χ2n) is 4.38. The molecule has 0 aliphatic carbocycles. The number of nitrogens with one attached hydrogen (secondary N) is 1. The maximum Gasteiger partial charge on any atom is 0.266 e. The predicted octanol–water partition coefficient (Wildman–Crippen LogP) is 2.08. The van der Waals surface area contributed by atoms with E-state index in [4.69, 9.17) is 11.6 Å². The van der Waals surface area contributed by atoms with Crippen LogP contribution in [-0.2, 0) is 6.54 Å². The lowest BCUT2D eigenvalue weighted by molar-refractivity contribution is 0.447. The molecule has 3 rings (SSSR count). The minimum Gasteiger partial charge on any atom is -0.493 e. The lowest BCUT2D eigenvalue weighted by atomic mass is 10.1. The zero-order chi connectivity index (χ0) is 13.4. The van der Waals surface area contributed by atoms with E-state index in [1.54, 1.807) is 28.8 Å². The van der Waals surface area contributed by atoms with Crippen molar-refractivity contribution in [3.8, 4) is 17.0 Å². The van der Waals surface area contributed by atoms with E-state index >= 15 is 0 Å². The molecule has 0 amide bonds. The predicted molar refractivity (Wildman–Crippen MR) is 73.7 cm³/mol. The summed E-state index contributed by atoms with van der Waals surface area (Å²) in [6, 6.07) is 6.82. The summed E-state index contributed by atoms with van der Waals surface area (Å²) in [7, 11) is 0. The molecular formula is C13H12ClN3O2. The fourth-order valence-corrected chi connectivity index (χ4v) is 2.41. The van der Waals surface area contributed by atoms with Crippen LogP contribution in [0, 0.1) is 0 Å². The number of aromatic hydroxyl groups is 1. The monoisotopic (exact) mass is 277 g/mol. The van der Waals surface area contributed by atoms with Crippen molar-refractivity contribution >= 4 is 17.5 Å². The van der Waals surface area contributed by atoms with Crippen LogP contribution in [-0.4, -0.2) is 21.2 Å². The van der Waals surface area contributed by atoms with Crippen LogP contribution in [0.4, 0.5) is 5.95 Å². The van der Waals surface area contributed by atoms with Crippen molar-refractivity contribution < 1.29 is 5.11 Å². The van der Waals surface area contributed by atoms with Crippen molar-refractivity contribution in [3.05, 3.63) is 39.6 Å². The average Bonchev–Trinajstić information content (AvgIpc) is 2.39. The molecule has 2 N–H and O–H groups in total. The first kappa shape index (κ1) is 12.0. The zero-order valence-electron chi connectivity index (χ0n) is 10.1. The Bertz CT molecular complexity index is 697. The Kier molecular flexibility index (Phi) is 2.91. The highest BCUT2D eigenvalue weighted by atomic mass is 35.5. The SMILES string of the molecule is O=c1c(-c2cccc(Cl)c2)c(O)nc2n1CCCN2.